The smallest absolute Gasteiger partial charge is 0.191 e. The molecule has 0 atom stereocenters. The Morgan fingerprint density at radius 1 is 1.23 bits per heavy atom. The second-order valence-corrected chi connectivity index (χ2v) is 7.05. The van der Waals surface area contributed by atoms with Crippen LogP contribution in [0, 0.1) is 0 Å². The molecule has 0 aliphatic heterocycles. The summed E-state index contributed by atoms with van der Waals surface area (Å²) in [5.74, 6) is 1.49. The monoisotopic (exact) mass is 327 g/mol. The summed E-state index contributed by atoms with van der Waals surface area (Å²) in [5, 5.41) is 6.11. The molecule has 0 bridgehead atoms. The van der Waals surface area contributed by atoms with E-state index < -0.39 is 9.84 Å². The Hall–Kier alpha value is -1.76. The molecule has 0 fully saturated rings. The van der Waals surface area contributed by atoms with E-state index in [2.05, 4.69) is 15.6 Å². The SMILES string of the molecule is CCNC(=NCc1ccccc1OCC)NCCS(C)(=O)=O. The zero-order chi connectivity index (χ0) is 16.4. The Bertz CT molecular complexity index is 585. The number of hydrogen-bond donors (Lipinski definition) is 2. The Kier molecular flexibility index (Phi) is 7.73. The van der Waals surface area contributed by atoms with Crippen molar-refractivity contribution in [2.24, 2.45) is 4.99 Å². The van der Waals surface area contributed by atoms with E-state index in [-0.39, 0.29) is 5.75 Å². The first-order valence-electron chi connectivity index (χ1n) is 7.37. The second kappa shape index (κ2) is 9.30. The van der Waals surface area contributed by atoms with E-state index >= 15 is 0 Å². The Labute approximate surface area is 132 Å². The summed E-state index contributed by atoms with van der Waals surface area (Å²) in [7, 11) is -2.98. The highest BCUT2D eigenvalue weighted by molar-refractivity contribution is 7.90. The number of sulfone groups is 1. The van der Waals surface area contributed by atoms with Crippen LogP contribution in [0.3, 0.4) is 0 Å². The van der Waals surface area contributed by atoms with Gasteiger partial charge in [-0.2, -0.15) is 0 Å². The molecule has 0 heterocycles. The van der Waals surface area contributed by atoms with Crippen LogP contribution in [0.4, 0.5) is 0 Å². The van der Waals surface area contributed by atoms with Gasteiger partial charge in [0.05, 0.1) is 18.9 Å². The summed E-state index contributed by atoms with van der Waals surface area (Å²) < 4.78 is 27.9. The first-order valence-corrected chi connectivity index (χ1v) is 9.43. The van der Waals surface area contributed by atoms with E-state index in [0.29, 0.717) is 32.2 Å². The van der Waals surface area contributed by atoms with Crippen LogP contribution in [0.5, 0.6) is 5.75 Å². The van der Waals surface area contributed by atoms with Crippen LogP contribution < -0.4 is 15.4 Å². The van der Waals surface area contributed by atoms with Crippen molar-refractivity contribution in [1.82, 2.24) is 10.6 Å². The molecule has 0 aliphatic rings. The van der Waals surface area contributed by atoms with E-state index in [0.717, 1.165) is 11.3 Å². The normalized spacial score (nSPS) is 12.0. The summed E-state index contributed by atoms with van der Waals surface area (Å²) in [6.45, 7) is 6.01. The minimum atomic E-state index is -2.98. The number of hydrogen-bond acceptors (Lipinski definition) is 4. The Morgan fingerprint density at radius 3 is 2.59 bits per heavy atom. The highest BCUT2D eigenvalue weighted by atomic mass is 32.2. The summed E-state index contributed by atoms with van der Waals surface area (Å²) in [5.41, 5.74) is 0.990. The summed E-state index contributed by atoms with van der Waals surface area (Å²) in [6, 6.07) is 7.75. The van der Waals surface area contributed by atoms with Crippen LogP contribution in [0.15, 0.2) is 29.3 Å². The molecule has 22 heavy (non-hydrogen) atoms. The molecule has 124 valence electrons. The molecule has 0 aliphatic carbocycles. The summed E-state index contributed by atoms with van der Waals surface area (Å²) >= 11 is 0. The van der Waals surface area contributed by atoms with Crippen molar-refractivity contribution in [3.8, 4) is 5.75 Å². The average Bonchev–Trinajstić information content (AvgIpc) is 2.45. The van der Waals surface area contributed by atoms with E-state index in [1.54, 1.807) is 0 Å². The highest BCUT2D eigenvalue weighted by Gasteiger charge is 2.05. The standard InChI is InChI=1S/C15H25N3O3S/c1-4-16-15(17-10-11-22(3,19)20)18-12-13-8-6-7-9-14(13)21-5-2/h6-9H,4-5,10-12H2,1-3H3,(H2,16,17,18). The van der Waals surface area contributed by atoms with Crippen LogP contribution in [-0.4, -0.2) is 46.1 Å². The van der Waals surface area contributed by atoms with E-state index in [9.17, 15) is 8.42 Å². The first-order chi connectivity index (χ1) is 10.5. The third-order valence-electron chi connectivity index (χ3n) is 2.79. The molecule has 0 aromatic heterocycles. The highest BCUT2D eigenvalue weighted by Crippen LogP contribution is 2.18. The molecule has 1 aromatic carbocycles. The Morgan fingerprint density at radius 2 is 1.95 bits per heavy atom. The van der Waals surface area contributed by atoms with Crippen LogP contribution in [-0.2, 0) is 16.4 Å². The Balaban J connectivity index is 2.69. The topological polar surface area (TPSA) is 79.8 Å². The van der Waals surface area contributed by atoms with Crippen molar-refractivity contribution in [3.05, 3.63) is 29.8 Å². The van der Waals surface area contributed by atoms with Crippen LogP contribution >= 0.6 is 0 Å². The fourth-order valence-corrected chi connectivity index (χ4v) is 2.26. The molecule has 2 N–H and O–H groups in total. The van der Waals surface area contributed by atoms with Gasteiger partial charge in [0.25, 0.3) is 0 Å². The quantitative estimate of drug-likeness (QED) is 0.554. The molecular weight excluding hydrogens is 302 g/mol. The molecule has 6 nitrogen and oxygen atoms in total. The molecule has 1 rings (SSSR count). The lowest BCUT2D eigenvalue weighted by Crippen LogP contribution is -2.39. The third-order valence-corrected chi connectivity index (χ3v) is 3.74. The molecule has 0 saturated carbocycles. The van der Waals surface area contributed by atoms with Gasteiger partial charge in [-0.25, -0.2) is 13.4 Å². The lowest BCUT2D eigenvalue weighted by molar-refractivity contribution is 0.336. The van der Waals surface area contributed by atoms with Crippen molar-refractivity contribution in [3.63, 3.8) is 0 Å². The lowest BCUT2D eigenvalue weighted by Gasteiger charge is -2.12. The molecule has 0 saturated heterocycles. The van der Waals surface area contributed by atoms with Gasteiger partial charge >= 0.3 is 0 Å². The zero-order valence-electron chi connectivity index (χ0n) is 13.4. The van der Waals surface area contributed by atoms with Gasteiger partial charge in [0.1, 0.15) is 15.6 Å². The van der Waals surface area contributed by atoms with E-state index in [1.807, 2.05) is 38.1 Å². The van der Waals surface area contributed by atoms with Gasteiger partial charge < -0.3 is 15.4 Å². The van der Waals surface area contributed by atoms with Crippen molar-refractivity contribution >= 4 is 15.8 Å². The fourth-order valence-electron chi connectivity index (χ4n) is 1.79. The maximum atomic E-state index is 11.1. The van der Waals surface area contributed by atoms with Gasteiger partial charge in [0.2, 0.25) is 0 Å². The molecule has 0 radical (unpaired) electrons. The average molecular weight is 327 g/mol. The first kappa shape index (κ1) is 18.3. The number of aliphatic imine (C=N–C) groups is 1. The minimum Gasteiger partial charge on any atom is -0.494 e. The third kappa shape index (κ3) is 7.31. The maximum Gasteiger partial charge on any atom is 0.191 e. The van der Waals surface area contributed by atoms with Gasteiger partial charge in [-0.15, -0.1) is 0 Å². The number of nitrogens with zero attached hydrogens (tertiary/aromatic N) is 1. The van der Waals surface area contributed by atoms with Crippen molar-refractivity contribution in [2.45, 2.75) is 20.4 Å². The van der Waals surface area contributed by atoms with E-state index in [4.69, 9.17) is 4.74 Å². The maximum absolute atomic E-state index is 11.1. The van der Waals surface area contributed by atoms with Gasteiger partial charge in [-0.3, -0.25) is 0 Å². The molecule has 7 heteroatoms. The van der Waals surface area contributed by atoms with Gasteiger partial charge in [-0.05, 0) is 19.9 Å². The lowest BCUT2D eigenvalue weighted by atomic mass is 10.2. The van der Waals surface area contributed by atoms with Crippen LogP contribution in [0.2, 0.25) is 0 Å². The number of ether oxygens (including phenoxy) is 1. The molecular formula is C15H25N3O3S. The predicted molar refractivity (Wildman–Crippen MR) is 90.1 cm³/mol. The summed E-state index contributed by atoms with van der Waals surface area (Å²) in [4.78, 5) is 4.47. The minimum absolute atomic E-state index is 0.0763. The molecule has 0 amide bonds. The largest absolute Gasteiger partial charge is 0.494 e. The van der Waals surface area contributed by atoms with Crippen molar-refractivity contribution in [1.29, 1.82) is 0 Å². The van der Waals surface area contributed by atoms with Crippen molar-refractivity contribution < 1.29 is 13.2 Å². The molecule has 0 spiro atoms. The molecule has 1 aromatic rings. The number of benzene rings is 1. The second-order valence-electron chi connectivity index (χ2n) is 4.79. The zero-order valence-corrected chi connectivity index (χ0v) is 14.2. The number of para-hydroxylation sites is 1. The van der Waals surface area contributed by atoms with Gasteiger partial charge in [0.15, 0.2) is 5.96 Å². The van der Waals surface area contributed by atoms with Gasteiger partial charge in [0, 0.05) is 24.9 Å². The number of rotatable bonds is 8. The number of nitrogens with one attached hydrogen (secondary N) is 2. The predicted octanol–water partition coefficient (Wildman–Crippen LogP) is 1.19. The van der Waals surface area contributed by atoms with Crippen LogP contribution in [0.25, 0.3) is 0 Å². The van der Waals surface area contributed by atoms with Gasteiger partial charge in [-0.1, -0.05) is 18.2 Å². The summed E-state index contributed by atoms with van der Waals surface area (Å²) in [6.07, 6.45) is 1.22. The van der Waals surface area contributed by atoms with Crippen molar-refractivity contribution in [2.75, 3.05) is 31.7 Å². The molecule has 0 unspecified atom stereocenters. The number of guanidine groups is 1. The fraction of sp³-hybridized carbons (Fsp3) is 0.533. The van der Waals surface area contributed by atoms with E-state index in [1.165, 1.54) is 6.26 Å². The van der Waals surface area contributed by atoms with Crippen LogP contribution in [0.1, 0.15) is 19.4 Å².